The summed E-state index contributed by atoms with van der Waals surface area (Å²) in [5.41, 5.74) is 0.231. The molecular formula is C7H6N4O2. The summed E-state index contributed by atoms with van der Waals surface area (Å²) in [5, 5.41) is 8.81. The van der Waals surface area contributed by atoms with Crippen molar-refractivity contribution >= 4 is 11.7 Å². The summed E-state index contributed by atoms with van der Waals surface area (Å²) < 4.78 is 4.66. The van der Waals surface area contributed by atoms with E-state index < -0.39 is 0 Å². The number of rotatable bonds is 2. The zero-order chi connectivity index (χ0) is 9.10. The molecule has 6 heteroatoms. The van der Waals surface area contributed by atoms with Gasteiger partial charge >= 0.3 is 0 Å². The molecule has 66 valence electrons. The fourth-order valence-corrected chi connectivity index (χ4v) is 0.837. The van der Waals surface area contributed by atoms with E-state index in [2.05, 4.69) is 24.9 Å². The molecule has 0 unspecified atom stereocenters. The highest BCUT2D eigenvalue weighted by Gasteiger charge is 2.08. The zero-order valence-corrected chi connectivity index (χ0v) is 6.52. The van der Waals surface area contributed by atoms with E-state index in [0.717, 1.165) is 0 Å². The molecule has 0 atom stereocenters. The van der Waals surface area contributed by atoms with Crippen molar-refractivity contribution in [3.63, 3.8) is 0 Å². The number of nitrogens with one attached hydrogen (secondary N) is 2. The van der Waals surface area contributed by atoms with Gasteiger partial charge in [0.05, 0.1) is 6.20 Å². The first kappa shape index (κ1) is 7.53. The average molecular weight is 178 g/mol. The van der Waals surface area contributed by atoms with Crippen molar-refractivity contribution < 1.29 is 9.21 Å². The molecule has 13 heavy (non-hydrogen) atoms. The van der Waals surface area contributed by atoms with Crippen LogP contribution in [0.25, 0.3) is 0 Å². The molecule has 0 aliphatic carbocycles. The highest BCUT2D eigenvalue weighted by Crippen LogP contribution is 2.02. The van der Waals surface area contributed by atoms with Crippen LogP contribution < -0.4 is 5.32 Å². The van der Waals surface area contributed by atoms with E-state index >= 15 is 0 Å². The van der Waals surface area contributed by atoms with E-state index in [9.17, 15) is 4.79 Å². The van der Waals surface area contributed by atoms with Gasteiger partial charge in [-0.1, -0.05) is 0 Å². The van der Waals surface area contributed by atoms with E-state index in [4.69, 9.17) is 0 Å². The number of carbonyl (C=O) groups excluding carboxylic acids is 1. The van der Waals surface area contributed by atoms with Gasteiger partial charge in [-0.15, -0.1) is 0 Å². The van der Waals surface area contributed by atoms with Crippen molar-refractivity contribution in [2.24, 2.45) is 0 Å². The van der Waals surface area contributed by atoms with Crippen LogP contribution in [0.2, 0.25) is 0 Å². The monoisotopic (exact) mass is 178 g/mol. The fourth-order valence-electron chi connectivity index (χ4n) is 0.837. The Labute approximate surface area is 73.0 Å². The van der Waals surface area contributed by atoms with E-state index in [1.807, 2.05) is 0 Å². The second-order valence-electron chi connectivity index (χ2n) is 2.30. The van der Waals surface area contributed by atoms with Gasteiger partial charge in [-0.05, 0) is 0 Å². The lowest BCUT2D eigenvalue weighted by atomic mass is 10.4. The van der Waals surface area contributed by atoms with Crippen molar-refractivity contribution in [1.29, 1.82) is 0 Å². The summed E-state index contributed by atoms with van der Waals surface area (Å²) in [6.07, 6.45) is 4.01. The first-order valence-electron chi connectivity index (χ1n) is 3.55. The predicted octanol–water partition coefficient (Wildman–Crippen LogP) is 0.650. The predicted molar refractivity (Wildman–Crippen MR) is 43.0 cm³/mol. The summed E-state index contributed by atoms with van der Waals surface area (Å²) in [6.45, 7) is 0. The number of nitrogens with zero attached hydrogens (tertiary/aromatic N) is 2. The maximum Gasteiger partial charge on any atom is 0.278 e. The largest absolute Gasteiger partial charge is 0.451 e. The van der Waals surface area contributed by atoms with Crippen molar-refractivity contribution in [3.8, 4) is 0 Å². The van der Waals surface area contributed by atoms with Gasteiger partial charge in [-0.3, -0.25) is 9.89 Å². The molecule has 0 bridgehead atoms. The molecule has 2 heterocycles. The Kier molecular flexibility index (Phi) is 1.79. The Balaban J connectivity index is 2.08. The first-order chi connectivity index (χ1) is 6.36. The highest BCUT2D eigenvalue weighted by molar-refractivity contribution is 6.01. The molecule has 0 aromatic carbocycles. The highest BCUT2D eigenvalue weighted by atomic mass is 16.3. The number of hydrogen-bond acceptors (Lipinski definition) is 4. The third-order valence-corrected chi connectivity index (χ3v) is 1.41. The van der Waals surface area contributed by atoms with Crippen LogP contribution in [0, 0.1) is 0 Å². The summed E-state index contributed by atoms with van der Waals surface area (Å²) >= 11 is 0. The summed E-state index contributed by atoms with van der Waals surface area (Å²) in [4.78, 5) is 15.0. The molecule has 2 rings (SSSR count). The number of H-pyrrole nitrogens is 1. The minimum atomic E-state index is -0.335. The summed E-state index contributed by atoms with van der Waals surface area (Å²) in [7, 11) is 0. The molecular weight excluding hydrogens is 172 g/mol. The van der Waals surface area contributed by atoms with Gasteiger partial charge < -0.3 is 9.73 Å². The van der Waals surface area contributed by atoms with Crippen molar-refractivity contribution in [2.45, 2.75) is 0 Å². The number of aromatic amines is 1. The molecule has 0 fully saturated rings. The van der Waals surface area contributed by atoms with Crippen molar-refractivity contribution in [3.05, 3.63) is 30.6 Å². The number of anilines is 1. The van der Waals surface area contributed by atoms with E-state index in [1.54, 1.807) is 12.3 Å². The number of carbonyl (C=O) groups is 1. The number of hydrogen-bond donors (Lipinski definition) is 2. The third kappa shape index (κ3) is 1.56. The van der Waals surface area contributed by atoms with Gasteiger partial charge in [0.15, 0.2) is 12.1 Å². The minimum absolute atomic E-state index is 0.231. The van der Waals surface area contributed by atoms with Gasteiger partial charge in [-0.25, -0.2) is 4.98 Å². The summed E-state index contributed by atoms with van der Waals surface area (Å²) in [5.74, 6) is 0.186. The van der Waals surface area contributed by atoms with Crippen LogP contribution >= 0.6 is 0 Å². The Morgan fingerprint density at radius 2 is 2.54 bits per heavy atom. The second-order valence-corrected chi connectivity index (χ2v) is 2.30. The van der Waals surface area contributed by atoms with Crippen LogP contribution in [0.5, 0.6) is 0 Å². The van der Waals surface area contributed by atoms with Gasteiger partial charge in [-0.2, -0.15) is 5.10 Å². The lowest BCUT2D eigenvalue weighted by Gasteiger charge is -1.96. The zero-order valence-electron chi connectivity index (χ0n) is 6.52. The fraction of sp³-hybridized carbons (Fsp3) is 0. The van der Waals surface area contributed by atoms with Crippen LogP contribution in [0.4, 0.5) is 5.82 Å². The van der Waals surface area contributed by atoms with Gasteiger partial charge in [0.1, 0.15) is 12.1 Å². The van der Waals surface area contributed by atoms with Gasteiger partial charge in [0.2, 0.25) is 0 Å². The van der Waals surface area contributed by atoms with Crippen LogP contribution in [0.3, 0.4) is 0 Å². The molecule has 0 radical (unpaired) electrons. The van der Waals surface area contributed by atoms with Crippen LogP contribution in [-0.2, 0) is 0 Å². The van der Waals surface area contributed by atoms with Crippen LogP contribution in [-0.4, -0.2) is 21.1 Å². The topological polar surface area (TPSA) is 83.8 Å². The number of amides is 1. The summed E-state index contributed by atoms with van der Waals surface area (Å²) in [6, 6.07) is 1.64. The Morgan fingerprint density at radius 3 is 3.15 bits per heavy atom. The van der Waals surface area contributed by atoms with Crippen molar-refractivity contribution in [1.82, 2.24) is 15.2 Å². The molecule has 2 N–H and O–H groups in total. The Bertz CT molecular complexity index is 379. The Hall–Kier alpha value is -2.11. The number of oxazole rings is 1. The van der Waals surface area contributed by atoms with Gasteiger partial charge in [0, 0.05) is 6.07 Å². The van der Waals surface area contributed by atoms with Gasteiger partial charge in [0.25, 0.3) is 5.91 Å². The Morgan fingerprint density at radius 1 is 1.62 bits per heavy atom. The second kappa shape index (κ2) is 3.10. The lowest BCUT2D eigenvalue weighted by molar-refractivity contribution is 0.102. The standard InChI is InChI=1S/C7H6N4O2/c12-7(5-3-13-4-8-5)10-6-1-2-9-11-6/h1-4H,(H2,9,10,11,12). The SMILES string of the molecule is O=C(Nc1ccn[nH]1)c1cocn1. The molecule has 6 nitrogen and oxygen atoms in total. The smallest absolute Gasteiger partial charge is 0.278 e. The first-order valence-corrected chi connectivity index (χ1v) is 3.55. The molecule has 0 spiro atoms. The molecule has 2 aromatic rings. The van der Waals surface area contributed by atoms with E-state index in [1.165, 1.54) is 12.7 Å². The van der Waals surface area contributed by atoms with Crippen molar-refractivity contribution in [2.75, 3.05) is 5.32 Å². The van der Waals surface area contributed by atoms with E-state index in [-0.39, 0.29) is 11.6 Å². The molecule has 0 aliphatic rings. The maximum atomic E-state index is 11.3. The third-order valence-electron chi connectivity index (χ3n) is 1.41. The molecule has 1 amide bonds. The van der Waals surface area contributed by atoms with Crippen LogP contribution in [0.1, 0.15) is 10.5 Å². The number of aromatic nitrogens is 3. The molecule has 0 saturated heterocycles. The molecule has 0 saturated carbocycles. The lowest BCUT2D eigenvalue weighted by Crippen LogP contribution is -2.12. The maximum absolute atomic E-state index is 11.3. The quantitative estimate of drug-likeness (QED) is 0.707. The minimum Gasteiger partial charge on any atom is -0.451 e. The molecule has 2 aromatic heterocycles. The van der Waals surface area contributed by atoms with Crippen LogP contribution in [0.15, 0.2) is 29.3 Å². The normalized spacial score (nSPS) is 9.85. The van der Waals surface area contributed by atoms with E-state index in [0.29, 0.717) is 5.82 Å². The average Bonchev–Trinajstić information content (AvgIpc) is 2.74. The molecule has 0 aliphatic heterocycles.